The van der Waals surface area contributed by atoms with Crippen LogP contribution in [0, 0.1) is 13.8 Å². The van der Waals surface area contributed by atoms with Crippen LogP contribution in [0.2, 0.25) is 0 Å². The van der Waals surface area contributed by atoms with E-state index in [0.717, 1.165) is 18.6 Å². The lowest BCUT2D eigenvalue weighted by atomic mass is 10.1. The van der Waals surface area contributed by atoms with Gasteiger partial charge in [-0.1, -0.05) is 38.6 Å². The number of amides is 3. The zero-order valence-electron chi connectivity index (χ0n) is 46.7. The van der Waals surface area contributed by atoms with Gasteiger partial charge in [-0.25, -0.2) is 18.4 Å². The highest BCUT2D eigenvalue weighted by molar-refractivity contribution is 7.89. The number of benzene rings is 3. The molecule has 6 rings (SSSR count). The van der Waals surface area contributed by atoms with Crippen LogP contribution in [0.5, 0.6) is 5.75 Å². The van der Waals surface area contributed by atoms with Crippen LogP contribution in [0.15, 0.2) is 111 Å². The minimum atomic E-state index is -4.41. The molecular weight excluding hydrogens is 1130 g/mol. The highest BCUT2D eigenvalue weighted by Crippen LogP contribution is 2.26. The third-order valence-corrected chi connectivity index (χ3v) is 14.6. The first kappa shape index (κ1) is 68.4. The number of ether oxygens (including phenoxy) is 4. The van der Waals surface area contributed by atoms with Gasteiger partial charge in [0.2, 0.25) is 21.4 Å². The Balaban J connectivity index is 0.000000504. The standard InChI is InChI=1S/C40H55N7O11S.C15H16N4O4S.CH4/c1-5-14-55-17-19-57-20-18-56-15-7-11-41-35(48)8-6-16-58-30-21-27(2)37(28(3)22-30)59(53,54)46-33(39(51)52)25-44-38(50)32-26-47(4)34-23-29(9-10-31(34)36(32)49)24-45-40-42-12-13-43-40;1-2-16-15(20)12-7-8-14(17-9-12)19-18-10-11-5-3-4-6-13(11)24(21,22)23;/h9-10,12-13,21-23,26,33,46H,5-8,11,14-20,24-25H2,1-4H3,(H,41,48)(H,44,50)(H,51,52)(H2,42,43,45);3-10H,2H2,1H3,(H,16,20)(H,17,19)(H,21,22,23);1H4/b;18-10+;/t33-;;/m0../s1. The molecule has 1 atom stereocenters. The second kappa shape index (κ2) is 34.5. The number of sulfonamides is 1. The number of hydrazone groups is 1. The summed E-state index contributed by atoms with van der Waals surface area (Å²) < 4.78 is 84.5. The number of hydrogen-bond acceptors (Lipinski definition) is 18. The highest BCUT2D eigenvalue weighted by Gasteiger charge is 2.29. The third-order valence-electron chi connectivity index (χ3n) is 11.9. The first-order valence-electron chi connectivity index (χ1n) is 26.4. The largest absolute Gasteiger partial charge is 0.494 e. The number of anilines is 2. The van der Waals surface area contributed by atoms with Gasteiger partial charge in [-0.15, -0.1) is 0 Å². The molecule has 9 N–H and O–H groups in total. The third kappa shape index (κ3) is 21.9. The van der Waals surface area contributed by atoms with Gasteiger partial charge in [0.25, 0.3) is 21.9 Å². The van der Waals surface area contributed by atoms with E-state index in [0.29, 0.717) is 105 Å². The van der Waals surface area contributed by atoms with Crippen LogP contribution in [0.25, 0.3) is 10.9 Å². The number of aliphatic carboxylic acids is 1. The number of imidazole rings is 1. The van der Waals surface area contributed by atoms with E-state index >= 15 is 0 Å². The number of carbonyl (C=O) groups excluding carboxylic acids is 3. The maximum absolute atomic E-state index is 13.5. The quantitative estimate of drug-likeness (QED) is 0.0114. The fraction of sp³-hybridized carbons (Fsp3) is 0.393. The van der Waals surface area contributed by atoms with Gasteiger partial charge in [0.15, 0.2) is 5.95 Å². The van der Waals surface area contributed by atoms with E-state index in [-0.39, 0.29) is 58.6 Å². The molecule has 26 nitrogen and oxygen atoms in total. The van der Waals surface area contributed by atoms with Crippen LogP contribution in [0.3, 0.4) is 0 Å². The van der Waals surface area contributed by atoms with Crippen molar-refractivity contribution in [1.29, 1.82) is 0 Å². The Bertz CT molecular complexity index is 3410. The first-order chi connectivity index (χ1) is 39.7. The molecule has 0 fully saturated rings. The molecule has 84 heavy (non-hydrogen) atoms. The lowest BCUT2D eigenvalue weighted by molar-refractivity contribution is -0.138. The summed E-state index contributed by atoms with van der Waals surface area (Å²) in [5, 5.41) is 25.1. The average Bonchev–Trinajstić information content (AvgIpc) is 2.20. The van der Waals surface area contributed by atoms with Crippen LogP contribution in [-0.4, -0.2) is 148 Å². The van der Waals surface area contributed by atoms with Crippen LogP contribution in [-0.2, 0) is 57.5 Å². The number of carboxylic acids is 1. The van der Waals surface area contributed by atoms with Crippen LogP contribution in [0.4, 0.5) is 11.8 Å². The number of rotatable bonds is 33. The van der Waals surface area contributed by atoms with Crippen molar-refractivity contribution < 1.29 is 64.6 Å². The SMILES string of the molecule is C.CCCOCCOCCOCCCNC(=O)CCCOc1cc(C)c(S(=O)(=O)N[C@@H](CNC(=O)c2cn(C)c3cc(CNc4ncc[nH]4)ccc3c2=O)C(=O)O)c(C)c1.CCNC(=O)c1ccc(N/N=C/c2ccccc2S(=O)(=O)O)nc1. The Hall–Kier alpha value is -8.12. The average molecular weight is 1210 g/mol. The number of H-pyrrole nitrogens is 1. The van der Waals surface area contributed by atoms with Gasteiger partial charge >= 0.3 is 5.97 Å². The summed E-state index contributed by atoms with van der Waals surface area (Å²) in [7, 11) is -7.07. The van der Waals surface area contributed by atoms with Crippen molar-refractivity contribution >= 4 is 72.7 Å². The van der Waals surface area contributed by atoms with Gasteiger partial charge in [0.05, 0.1) is 55.2 Å². The normalized spacial score (nSPS) is 11.7. The van der Waals surface area contributed by atoms with Gasteiger partial charge in [-0.05, 0) is 99.2 Å². The van der Waals surface area contributed by atoms with Gasteiger partial charge in [-0.3, -0.25) is 34.0 Å². The van der Waals surface area contributed by atoms with Gasteiger partial charge < -0.3 is 54.9 Å². The number of fused-ring (bicyclic) bond motifs is 1. The summed E-state index contributed by atoms with van der Waals surface area (Å²) in [4.78, 5) is 73.2. The minimum absolute atomic E-state index is 0. The number of pyridine rings is 2. The highest BCUT2D eigenvalue weighted by atomic mass is 32.2. The molecule has 0 aliphatic carbocycles. The Morgan fingerprint density at radius 2 is 1.54 bits per heavy atom. The molecule has 3 heterocycles. The minimum Gasteiger partial charge on any atom is -0.494 e. The molecule has 3 aromatic heterocycles. The molecule has 0 bridgehead atoms. The van der Waals surface area contributed by atoms with E-state index in [1.54, 1.807) is 74.3 Å². The second-order valence-electron chi connectivity index (χ2n) is 18.4. The zero-order chi connectivity index (χ0) is 60.4. The Kier molecular flexibility index (Phi) is 28.1. The van der Waals surface area contributed by atoms with Crippen LogP contribution >= 0.6 is 0 Å². The predicted molar refractivity (Wildman–Crippen MR) is 317 cm³/mol. The van der Waals surface area contributed by atoms with E-state index in [4.69, 9.17) is 23.5 Å². The number of hydrogen-bond donors (Lipinski definition) is 9. The second-order valence-corrected chi connectivity index (χ2v) is 21.4. The van der Waals surface area contributed by atoms with Crippen molar-refractivity contribution in [1.82, 2.24) is 40.2 Å². The molecule has 0 spiro atoms. The molecule has 3 aromatic carbocycles. The van der Waals surface area contributed by atoms with Gasteiger partial charge in [-0.2, -0.15) is 18.2 Å². The van der Waals surface area contributed by atoms with Crippen molar-refractivity contribution in [2.24, 2.45) is 12.1 Å². The molecule has 456 valence electrons. The predicted octanol–water partition coefficient (Wildman–Crippen LogP) is 4.94. The summed E-state index contributed by atoms with van der Waals surface area (Å²) in [6, 6.07) is 15.5. The number of nitrogens with zero attached hydrogens (tertiary/aromatic N) is 4. The maximum atomic E-state index is 13.5. The van der Waals surface area contributed by atoms with E-state index in [2.05, 4.69) is 51.5 Å². The summed E-state index contributed by atoms with van der Waals surface area (Å²) in [6.45, 7) is 11.2. The number of aryl methyl sites for hydroxylation is 3. The van der Waals surface area contributed by atoms with Gasteiger partial charge in [0, 0.05) is 88.6 Å². The fourth-order valence-electron chi connectivity index (χ4n) is 7.93. The van der Waals surface area contributed by atoms with Crippen molar-refractivity contribution in [2.75, 3.05) is 76.6 Å². The smallest absolute Gasteiger partial charge is 0.323 e. The first-order valence-corrected chi connectivity index (χ1v) is 29.4. The lowest BCUT2D eigenvalue weighted by Crippen LogP contribution is -2.49. The molecule has 0 aliphatic rings. The van der Waals surface area contributed by atoms with Crippen LogP contribution < -0.4 is 41.6 Å². The molecule has 0 unspecified atom stereocenters. The maximum Gasteiger partial charge on any atom is 0.323 e. The van der Waals surface area contributed by atoms with E-state index < -0.39 is 50.0 Å². The summed E-state index contributed by atoms with van der Waals surface area (Å²) >= 11 is 0. The lowest BCUT2D eigenvalue weighted by Gasteiger charge is -2.19. The molecule has 0 aliphatic heterocycles. The topological polar surface area (TPSA) is 362 Å². The van der Waals surface area contributed by atoms with E-state index in [1.807, 2.05) is 13.8 Å². The van der Waals surface area contributed by atoms with E-state index in [1.165, 1.54) is 48.9 Å². The van der Waals surface area contributed by atoms with Crippen molar-refractivity contribution in [3.05, 3.63) is 135 Å². The van der Waals surface area contributed by atoms with Crippen molar-refractivity contribution in [2.45, 2.75) is 83.2 Å². The monoisotopic (exact) mass is 1210 g/mol. The zero-order valence-corrected chi connectivity index (χ0v) is 48.4. The number of carbonyl (C=O) groups is 4. The molecule has 0 saturated heterocycles. The van der Waals surface area contributed by atoms with Crippen molar-refractivity contribution in [3.8, 4) is 5.75 Å². The van der Waals surface area contributed by atoms with Crippen molar-refractivity contribution in [3.63, 3.8) is 0 Å². The molecular formula is C56H75N11O15S2. The van der Waals surface area contributed by atoms with Crippen LogP contribution in [0.1, 0.15) is 89.9 Å². The number of aromatic nitrogens is 4. The Morgan fingerprint density at radius 3 is 2.18 bits per heavy atom. The Labute approximate surface area is 488 Å². The summed E-state index contributed by atoms with van der Waals surface area (Å²) in [5.74, 6) is -1.39. The molecule has 0 saturated carbocycles. The number of carboxylic acid groups (broad SMARTS) is 1. The number of aromatic amines is 1. The molecule has 6 aromatic rings. The fourth-order valence-corrected chi connectivity index (χ4v) is 10.2. The Morgan fingerprint density at radius 1 is 0.833 bits per heavy atom. The molecule has 3 amide bonds. The number of nitrogens with one attached hydrogen (secondary N) is 7. The summed E-state index contributed by atoms with van der Waals surface area (Å²) in [6.07, 6.45) is 9.59. The molecule has 0 radical (unpaired) electrons. The van der Waals surface area contributed by atoms with Gasteiger partial charge in [0.1, 0.15) is 28.1 Å². The van der Waals surface area contributed by atoms with E-state index in [9.17, 15) is 45.9 Å². The molecule has 28 heteroatoms. The summed E-state index contributed by atoms with van der Waals surface area (Å²) in [5.41, 5.74) is 4.49.